The summed E-state index contributed by atoms with van der Waals surface area (Å²) in [6.07, 6.45) is 33.2. The van der Waals surface area contributed by atoms with Crippen LogP contribution in [0.4, 0.5) is 0 Å². The van der Waals surface area contributed by atoms with Crippen LogP contribution in [-0.2, 0) is 38.0 Å². The Hall–Kier alpha value is -1.10. The number of rotatable bonds is 54. The van der Waals surface area contributed by atoms with E-state index in [9.17, 15) is 9.59 Å². The van der Waals surface area contributed by atoms with E-state index in [0.717, 1.165) is 145 Å². The van der Waals surface area contributed by atoms with E-state index < -0.39 is 0 Å². The van der Waals surface area contributed by atoms with Crippen molar-refractivity contribution in [1.29, 1.82) is 0 Å². The molecule has 0 saturated carbocycles. The van der Waals surface area contributed by atoms with Gasteiger partial charge in [0.15, 0.2) is 0 Å². The Balaban J connectivity index is -0.000000185. The Kier molecular flexibility index (Phi) is 93.4. The Bertz CT molecular complexity index is 1200. The van der Waals surface area contributed by atoms with E-state index in [4.69, 9.17) is 28.4 Å². The number of ketones is 1. The van der Waals surface area contributed by atoms with E-state index in [1.54, 1.807) is 0 Å². The molecule has 0 radical (unpaired) electrons. The van der Waals surface area contributed by atoms with Gasteiger partial charge in [-0.25, -0.2) is 0 Å². The van der Waals surface area contributed by atoms with Crippen LogP contribution in [0.25, 0.3) is 0 Å². The van der Waals surface area contributed by atoms with Crippen LogP contribution in [-0.4, -0.2) is 97.5 Å². The summed E-state index contributed by atoms with van der Waals surface area (Å²) in [6.45, 7) is 72.1. The molecule has 0 saturated heterocycles. The summed E-state index contributed by atoms with van der Waals surface area (Å²) in [5.74, 6) is 10.8. The number of Topliss-reactive ketones (excluding diaryl/α,β-unsaturated/α-hetero) is 1. The number of hydrogen-bond donors (Lipinski definition) is 1. The SMILES string of the molecule is CC(C)CCCCC(=O)C(C)C.CC(C)CCCCCCCC(C)C.CC(C)CCCCCCCC(C)C.CC(C)CCCOCC(C)C.CC(C)CCOCCC(C)C.CC(C)CCOCCOCC(C)C.CC(C)CCOCCOCCNC(=O)CCC(C)C. The smallest absolute Gasteiger partial charge is 0.220 e. The van der Waals surface area contributed by atoms with Crippen molar-refractivity contribution in [2.75, 3.05) is 85.8 Å². The topological polar surface area (TPSA) is 102 Å². The standard InChI is InChI=1S/C15H31NO3.2C13H28.C11H24O2.C11H22O.2C10H22O/c1-13(2)5-6-15(17)16-8-10-19-12-11-18-9-7-14(3)4;2*1-12(2)10-8-6-5-7-9-11-13(3)4;1-10(2)5-6-12-7-8-13-9-11(3)4;1-9(2)7-5-6-8-11(12)10(3)4;1-9(2)5-7-11-8-6-10(3)4;1-9(2)6-5-7-11-8-10(3)4/h13-14H,5-12H2,1-4H3,(H,16,17);2*12-13H,5-11H2,1-4H3;10-11H,5-9H2,1-4H3;9-10H,5-8H2,1-4H3;2*9-10H,5-8H2,1-4H3. The second-order valence-corrected chi connectivity index (χ2v) is 32.5. The largest absolute Gasteiger partial charge is 0.381 e. The lowest BCUT2D eigenvalue weighted by molar-refractivity contribution is -0.122. The fraction of sp³-hybridized carbons (Fsp3) is 0.976. The molecule has 92 heavy (non-hydrogen) atoms. The van der Waals surface area contributed by atoms with Crippen LogP contribution >= 0.6 is 0 Å². The Morgan fingerprint density at radius 1 is 0.228 bits per heavy atom. The summed E-state index contributed by atoms with van der Waals surface area (Å²) in [6, 6.07) is 0. The first-order chi connectivity index (χ1) is 43.2. The van der Waals surface area contributed by atoms with Crippen molar-refractivity contribution in [2.24, 2.45) is 82.9 Å². The van der Waals surface area contributed by atoms with Crippen LogP contribution in [0.3, 0.4) is 0 Å². The van der Waals surface area contributed by atoms with Crippen molar-refractivity contribution < 1.29 is 38.0 Å². The zero-order valence-corrected chi connectivity index (χ0v) is 68.4. The number of nitrogens with one attached hydrogen (secondary N) is 1. The van der Waals surface area contributed by atoms with Gasteiger partial charge in [0.2, 0.25) is 5.91 Å². The third kappa shape index (κ3) is 129. The first-order valence-corrected chi connectivity index (χ1v) is 39.4. The molecule has 562 valence electrons. The minimum atomic E-state index is 0.116. The second-order valence-electron chi connectivity index (χ2n) is 32.5. The molecule has 0 aliphatic rings. The molecule has 0 aliphatic heterocycles. The highest BCUT2D eigenvalue weighted by Crippen LogP contribution is 2.16. The summed E-state index contributed by atoms with van der Waals surface area (Å²) >= 11 is 0. The van der Waals surface area contributed by atoms with E-state index in [2.05, 4.69) is 185 Å². The van der Waals surface area contributed by atoms with Crippen LogP contribution in [0.2, 0.25) is 0 Å². The molecule has 1 amide bonds. The molecule has 9 nitrogen and oxygen atoms in total. The van der Waals surface area contributed by atoms with Crippen molar-refractivity contribution in [1.82, 2.24) is 5.32 Å². The lowest BCUT2D eigenvalue weighted by atomic mass is 10.0. The van der Waals surface area contributed by atoms with Gasteiger partial charge in [-0.2, -0.15) is 0 Å². The maximum atomic E-state index is 11.4. The van der Waals surface area contributed by atoms with Gasteiger partial charge in [-0.05, 0) is 128 Å². The number of unbranched alkanes of at least 4 members (excludes halogenated alkanes) is 9. The average molecular weight is 1320 g/mol. The number of amides is 1. The number of hydrogen-bond acceptors (Lipinski definition) is 8. The Morgan fingerprint density at radius 3 is 0.772 bits per heavy atom. The molecule has 0 aromatic carbocycles. The molecule has 0 fully saturated rings. The summed E-state index contributed by atoms with van der Waals surface area (Å²) in [4.78, 5) is 22.6. The number of ether oxygens (including phenoxy) is 6. The zero-order chi connectivity index (χ0) is 71.8. The second kappa shape index (κ2) is 82.3. The predicted molar refractivity (Wildman–Crippen MR) is 411 cm³/mol. The van der Waals surface area contributed by atoms with Gasteiger partial charge in [0, 0.05) is 71.6 Å². The summed E-state index contributed by atoms with van der Waals surface area (Å²) < 4.78 is 32.5. The average Bonchev–Trinajstić information content (AvgIpc) is 3.67. The van der Waals surface area contributed by atoms with Gasteiger partial charge in [0.1, 0.15) is 5.78 Å². The molecule has 0 aromatic heterocycles. The first-order valence-electron chi connectivity index (χ1n) is 39.4. The highest BCUT2D eigenvalue weighted by atomic mass is 16.5. The summed E-state index contributed by atoms with van der Waals surface area (Å²) in [5, 5.41) is 2.85. The third-order valence-electron chi connectivity index (χ3n) is 14.8. The quantitative estimate of drug-likeness (QED) is 0.0601. The van der Waals surface area contributed by atoms with Crippen molar-refractivity contribution in [3.63, 3.8) is 0 Å². The van der Waals surface area contributed by atoms with Gasteiger partial charge in [0.05, 0.1) is 33.0 Å². The van der Waals surface area contributed by atoms with E-state index in [1.807, 2.05) is 13.8 Å². The Morgan fingerprint density at radius 2 is 0.478 bits per heavy atom. The predicted octanol–water partition coefficient (Wildman–Crippen LogP) is 25.0. The van der Waals surface area contributed by atoms with Crippen LogP contribution in [0.5, 0.6) is 0 Å². The first kappa shape index (κ1) is 104. The zero-order valence-electron chi connectivity index (χ0n) is 68.4. The molecule has 0 unspecified atom stereocenters. The molecule has 0 bridgehead atoms. The van der Waals surface area contributed by atoms with Gasteiger partial charge in [-0.3, -0.25) is 9.59 Å². The van der Waals surface area contributed by atoms with Gasteiger partial charge in [-0.15, -0.1) is 0 Å². The molecule has 9 heteroatoms. The van der Waals surface area contributed by atoms with Crippen LogP contribution < -0.4 is 5.32 Å². The molecule has 0 heterocycles. The van der Waals surface area contributed by atoms with Gasteiger partial charge in [-0.1, -0.05) is 297 Å². The van der Waals surface area contributed by atoms with Crippen LogP contribution in [0, 0.1) is 82.9 Å². The lowest BCUT2D eigenvalue weighted by Gasteiger charge is -2.08. The van der Waals surface area contributed by atoms with Crippen molar-refractivity contribution in [2.45, 2.75) is 361 Å². The highest BCUT2D eigenvalue weighted by molar-refractivity contribution is 5.80. The molecule has 0 spiro atoms. The van der Waals surface area contributed by atoms with E-state index in [1.165, 1.54) is 128 Å². The molecule has 0 aliphatic carbocycles. The number of carbonyl (C=O) groups excluding carboxylic acids is 2. The van der Waals surface area contributed by atoms with Crippen molar-refractivity contribution in [3.05, 3.63) is 0 Å². The molecular weight excluding hydrogens is 1140 g/mol. The third-order valence-corrected chi connectivity index (χ3v) is 14.8. The lowest BCUT2D eigenvalue weighted by Crippen LogP contribution is -2.27. The van der Waals surface area contributed by atoms with Crippen LogP contribution in [0.15, 0.2) is 0 Å². The summed E-state index contributed by atoms with van der Waals surface area (Å²) in [5.41, 5.74) is 0. The molecule has 0 atom stereocenters. The Labute approximate surface area is 581 Å². The summed E-state index contributed by atoms with van der Waals surface area (Å²) in [7, 11) is 0. The molecule has 1 N–H and O–H groups in total. The fourth-order valence-electron chi connectivity index (χ4n) is 8.33. The molecular formula is C83H177NO8. The highest BCUT2D eigenvalue weighted by Gasteiger charge is 2.07. The number of carbonyl (C=O) groups is 2. The van der Waals surface area contributed by atoms with Crippen molar-refractivity contribution in [3.8, 4) is 0 Å². The van der Waals surface area contributed by atoms with Gasteiger partial charge < -0.3 is 33.7 Å². The minimum absolute atomic E-state index is 0.116. The molecule has 0 rings (SSSR count). The van der Waals surface area contributed by atoms with Gasteiger partial charge in [0.25, 0.3) is 0 Å². The van der Waals surface area contributed by atoms with E-state index in [-0.39, 0.29) is 11.8 Å². The monoisotopic (exact) mass is 1320 g/mol. The van der Waals surface area contributed by atoms with Crippen LogP contribution in [0.1, 0.15) is 361 Å². The van der Waals surface area contributed by atoms with E-state index in [0.29, 0.717) is 62.2 Å². The van der Waals surface area contributed by atoms with Crippen molar-refractivity contribution >= 4 is 11.7 Å². The maximum absolute atomic E-state index is 11.4. The normalized spacial score (nSPS) is 11.4. The maximum Gasteiger partial charge on any atom is 0.220 e. The molecule has 0 aromatic rings. The van der Waals surface area contributed by atoms with E-state index >= 15 is 0 Å². The fourth-order valence-corrected chi connectivity index (χ4v) is 8.33. The minimum Gasteiger partial charge on any atom is -0.381 e. The van der Waals surface area contributed by atoms with Gasteiger partial charge >= 0.3 is 0 Å².